The van der Waals surface area contributed by atoms with E-state index in [1.54, 1.807) is 0 Å². The summed E-state index contributed by atoms with van der Waals surface area (Å²) in [5.41, 5.74) is 5.06. The average molecular weight is 358 g/mol. The SMILES string of the molecule is CCN(c1ccccc1)[C@@H](C(=O)Nc1cc(C)ccc1C)c1ccccc1. The fourth-order valence-electron chi connectivity index (χ4n) is 3.31. The van der Waals surface area contributed by atoms with Crippen LogP contribution in [0.4, 0.5) is 11.4 Å². The predicted octanol–water partition coefficient (Wildman–Crippen LogP) is 5.51. The van der Waals surface area contributed by atoms with Crippen LogP contribution < -0.4 is 10.2 Å². The summed E-state index contributed by atoms with van der Waals surface area (Å²) in [5, 5.41) is 3.15. The molecule has 0 aliphatic heterocycles. The molecule has 27 heavy (non-hydrogen) atoms. The zero-order chi connectivity index (χ0) is 19.2. The summed E-state index contributed by atoms with van der Waals surface area (Å²) in [4.78, 5) is 15.5. The summed E-state index contributed by atoms with van der Waals surface area (Å²) in [6, 6.07) is 25.8. The minimum absolute atomic E-state index is 0.0272. The molecule has 3 aromatic rings. The number of carbonyl (C=O) groups excluding carboxylic acids is 1. The molecule has 0 aromatic heterocycles. The standard InChI is InChI=1S/C24H26N2O/c1-4-26(21-13-9-6-10-14-21)23(20-11-7-5-8-12-20)24(27)25-22-17-18(2)15-16-19(22)3/h5-17,23H,4H2,1-3H3,(H,25,27)/t23-/m1/s1. The number of carbonyl (C=O) groups is 1. The van der Waals surface area contributed by atoms with Crippen LogP contribution in [0.1, 0.15) is 29.7 Å². The lowest BCUT2D eigenvalue weighted by molar-refractivity contribution is -0.117. The Kier molecular flexibility index (Phi) is 5.92. The molecule has 0 fully saturated rings. The van der Waals surface area contributed by atoms with Crippen molar-refractivity contribution in [3.8, 4) is 0 Å². The molecule has 1 atom stereocenters. The first-order valence-electron chi connectivity index (χ1n) is 9.35. The lowest BCUT2D eigenvalue weighted by atomic mass is 10.0. The van der Waals surface area contributed by atoms with Crippen molar-refractivity contribution in [2.24, 2.45) is 0 Å². The number of likely N-dealkylation sites (N-methyl/N-ethyl adjacent to an activating group) is 1. The third kappa shape index (κ3) is 4.37. The van der Waals surface area contributed by atoms with E-state index in [-0.39, 0.29) is 5.91 Å². The van der Waals surface area contributed by atoms with Crippen LogP contribution >= 0.6 is 0 Å². The molecule has 1 amide bonds. The van der Waals surface area contributed by atoms with Gasteiger partial charge in [-0.2, -0.15) is 0 Å². The monoisotopic (exact) mass is 358 g/mol. The maximum absolute atomic E-state index is 13.4. The van der Waals surface area contributed by atoms with Crippen molar-refractivity contribution < 1.29 is 4.79 Å². The second-order valence-corrected chi connectivity index (χ2v) is 6.74. The van der Waals surface area contributed by atoms with Gasteiger partial charge in [0.05, 0.1) is 0 Å². The minimum atomic E-state index is -0.404. The lowest BCUT2D eigenvalue weighted by Crippen LogP contribution is -2.37. The largest absolute Gasteiger partial charge is 0.356 e. The van der Waals surface area contributed by atoms with Crippen LogP contribution in [0.25, 0.3) is 0 Å². The van der Waals surface area contributed by atoms with Gasteiger partial charge in [-0.1, -0.05) is 60.7 Å². The van der Waals surface area contributed by atoms with Crippen molar-refractivity contribution in [2.75, 3.05) is 16.8 Å². The molecule has 0 saturated heterocycles. The van der Waals surface area contributed by atoms with Gasteiger partial charge in [-0.15, -0.1) is 0 Å². The number of aryl methyl sites for hydroxylation is 2. The van der Waals surface area contributed by atoms with E-state index in [0.29, 0.717) is 0 Å². The third-order valence-electron chi connectivity index (χ3n) is 4.75. The molecule has 0 unspecified atom stereocenters. The Morgan fingerprint density at radius 3 is 2.19 bits per heavy atom. The minimum Gasteiger partial charge on any atom is -0.356 e. The maximum Gasteiger partial charge on any atom is 0.251 e. The summed E-state index contributed by atoms with van der Waals surface area (Å²) in [6.07, 6.45) is 0. The van der Waals surface area contributed by atoms with Gasteiger partial charge in [0.1, 0.15) is 6.04 Å². The highest BCUT2D eigenvalue weighted by Gasteiger charge is 2.27. The second-order valence-electron chi connectivity index (χ2n) is 6.74. The number of hydrogen-bond acceptors (Lipinski definition) is 2. The number of anilines is 2. The topological polar surface area (TPSA) is 32.3 Å². The summed E-state index contributed by atoms with van der Waals surface area (Å²) in [7, 11) is 0. The van der Waals surface area contributed by atoms with Crippen molar-refractivity contribution in [3.63, 3.8) is 0 Å². The van der Waals surface area contributed by atoms with Crippen molar-refractivity contribution in [1.82, 2.24) is 0 Å². The van der Waals surface area contributed by atoms with Crippen LogP contribution in [0.5, 0.6) is 0 Å². The number of rotatable bonds is 6. The van der Waals surface area contributed by atoms with Crippen LogP contribution in [0.3, 0.4) is 0 Å². The average Bonchev–Trinajstić information content (AvgIpc) is 2.70. The van der Waals surface area contributed by atoms with Gasteiger partial charge in [0.2, 0.25) is 0 Å². The zero-order valence-electron chi connectivity index (χ0n) is 16.1. The van der Waals surface area contributed by atoms with E-state index < -0.39 is 6.04 Å². The number of para-hydroxylation sites is 1. The molecular weight excluding hydrogens is 332 g/mol. The van der Waals surface area contributed by atoms with Gasteiger partial charge < -0.3 is 10.2 Å². The van der Waals surface area contributed by atoms with Crippen molar-refractivity contribution in [1.29, 1.82) is 0 Å². The Balaban J connectivity index is 1.99. The number of nitrogens with one attached hydrogen (secondary N) is 1. The van der Waals surface area contributed by atoms with Crippen LogP contribution in [0, 0.1) is 13.8 Å². The predicted molar refractivity (Wildman–Crippen MR) is 113 cm³/mol. The van der Waals surface area contributed by atoms with Gasteiger partial charge in [0.15, 0.2) is 0 Å². The first-order chi connectivity index (χ1) is 13.1. The van der Waals surface area contributed by atoms with E-state index in [4.69, 9.17) is 0 Å². The number of hydrogen-bond donors (Lipinski definition) is 1. The molecule has 3 nitrogen and oxygen atoms in total. The van der Waals surface area contributed by atoms with Gasteiger partial charge in [-0.25, -0.2) is 0 Å². The first kappa shape index (κ1) is 18.7. The molecule has 0 spiro atoms. The summed E-state index contributed by atoms with van der Waals surface area (Å²) < 4.78 is 0. The highest BCUT2D eigenvalue weighted by Crippen LogP contribution is 2.29. The third-order valence-corrected chi connectivity index (χ3v) is 4.75. The Bertz CT molecular complexity index is 891. The van der Waals surface area contributed by atoms with E-state index in [1.165, 1.54) is 0 Å². The van der Waals surface area contributed by atoms with Crippen molar-refractivity contribution in [2.45, 2.75) is 26.8 Å². The molecule has 0 radical (unpaired) electrons. The first-order valence-corrected chi connectivity index (χ1v) is 9.35. The zero-order valence-corrected chi connectivity index (χ0v) is 16.1. The van der Waals surface area contributed by atoms with Crippen LogP contribution in [-0.4, -0.2) is 12.5 Å². The molecule has 1 N–H and O–H groups in total. The normalized spacial score (nSPS) is 11.7. The number of nitrogens with zero attached hydrogens (tertiary/aromatic N) is 1. The molecule has 0 aliphatic rings. The highest BCUT2D eigenvalue weighted by atomic mass is 16.2. The summed E-state index contributed by atoms with van der Waals surface area (Å²) >= 11 is 0. The lowest BCUT2D eigenvalue weighted by Gasteiger charge is -2.32. The molecule has 0 bridgehead atoms. The van der Waals surface area contributed by atoms with Gasteiger partial charge in [-0.3, -0.25) is 4.79 Å². The summed E-state index contributed by atoms with van der Waals surface area (Å²) in [5.74, 6) is -0.0272. The molecule has 0 saturated carbocycles. The maximum atomic E-state index is 13.4. The Labute approximate surface area is 161 Å². The fraction of sp³-hybridized carbons (Fsp3) is 0.208. The van der Waals surface area contributed by atoms with E-state index in [9.17, 15) is 4.79 Å². The molecule has 0 aliphatic carbocycles. The van der Waals surface area contributed by atoms with Crippen LogP contribution in [0.2, 0.25) is 0 Å². The van der Waals surface area contributed by atoms with E-state index >= 15 is 0 Å². The van der Waals surface area contributed by atoms with Crippen LogP contribution in [0.15, 0.2) is 78.9 Å². The number of benzene rings is 3. The molecule has 3 heteroatoms. The van der Waals surface area contributed by atoms with Crippen molar-refractivity contribution >= 4 is 17.3 Å². The second kappa shape index (κ2) is 8.54. The quantitative estimate of drug-likeness (QED) is 0.630. The number of amides is 1. The molecule has 138 valence electrons. The Morgan fingerprint density at radius 1 is 0.926 bits per heavy atom. The van der Waals surface area contributed by atoms with Crippen LogP contribution in [-0.2, 0) is 4.79 Å². The van der Waals surface area contributed by atoms with E-state index in [0.717, 1.165) is 34.6 Å². The fourth-order valence-corrected chi connectivity index (χ4v) is 3.31. The van der Waals surface area contributed by atoms with E-state index in [1.807, 2.05) is 86.6 Å². The van der Waals surface area contributed by atoms with Crippen molar-refractivity contribution in [3.05, 3.63) is 95.6 Å². The van der Waals surface area contributed by atoms with Gasteiger partial charge >= 0.3 is 0 Å². The smallest absolute Gasteiger partial charge is 0.251 e. The Morgan fingerprint density at radius 2 is 1.56 bits per heavy atom. The molecular formula is C24H26N2O. The Hall–Kier alpha value is -3.07. The molecule has 0 heterocycles. The van der Waals surface area contributed by atoms with Gasteiger partial charge in [-0.05, 0) is 55.7 Å². The van der Waals surface area contributed by atoms with Gasteiger partial charge in [0.25, 0.3) is 5.91 Å². The molecule has 3 aromatic carbocycles. The van der Waals surface area contributed by atoms with E-state index in [2.05, 4.69) is 23.2 Å². The highest BCUT2D eigenvalue weighted by molar-refractivity contribution is 5.98. The molecule has 3 rings (SSSR count). The van der Waals surface area contributed by atoms with Gasteiger partial charge in [0, 0.05) is 17.9 Å². The summed E-state index contributed by atoms with van der Waals surface area (Å²) in [6.45, 7) is 6.85.